The second kappa shape index (κ2) is 7.82. The normalized spacial score (nSPS) is 24.5. The molecule has 1 aromatic carbocycles. The molecule has 24 heavy (non-hydrogen) atoms. The minimum atomic E-state index is -0.0311. The number of benzene rings is 1. The average molecular weight is 328 g/mol. The number of hydrogen-bond acceptors (Lipinski definition) is 2. The lowest BCUT2D eigenvalue weighted by Gasteiger charge is -2.21. The van der Waals surface area contributed by atoms with E-state index < -0.39 is 0 Å². The summed E-state index contributed by atoms with van der Waals surface area (Å²) in [6, 6.07) is 7.55. The number of nitrogens with one attached hydrogen (secondary N) is 2. The maximum atomic E-state index is 12.5. The van der Waals surface area contributed by atoms with E-state index in [1.54, 1.807) is 6.07 Å². The highest BCUT2D eigenvalue weighted by Gasteiger charge is 2.39. The fourth-order valence-electron chi connectivity index (χ4n) is 3.53. The average Bonchev–Trinajstić information content (AvgIpc) is 3.27. The molecule has 3 rings (SSSR count). The van der Waals surface area contributed by atoms with Crippen LogP contribution in [0.25, 0.3) is 0 Å². The van der Waals surface area contributed by atoms with Gasteiger partial charge in [0, 0.05) is 23.2 Å². The zero-order valence-corrected chi connectivity index (χ0v) is 14.5. The van der Waals surface area contributed by atoms with E-state index in [4.69, 9.17) is 0 Å². The summed E-state index contributed by atoms with van der Waals surface area (Å²) in [6.45, 7) is 2.09. The van der Waals surface area contributed by atoms with Crippen LogP contribution in [0.5, 0.6) is 0 Å². The molecule has 2 atom stereocenters. The first-order valence-corrected chi connectivity index (χ1v) is 9.35. The van der Waals surface area contributed by atoms with E-state index in [2.05, 4.69) is 17.6 Å². The lowest BCUT2D eigenvalue weighted by Crippen LogP contribution is -2.35. The molecule has 2 N–H and O–H groups in total. The number of hydrogen-bond donors (Lipinski definition) is 2. The molecule has 2 fully saturated rings. The topological polar surface area (TPSA) is 58.2 Å². The molecular weight excluding hydrogens is 300 g/mol. The Kier molecular flexibility index (Phi) is 5.54. The van der Waals surface area contributed by atoms with Crippen molar-refractivity contribution < 1.29 is 9.59 Å². The molecule has 4 heteroatoms. The molecule has 1 aromatic rings. The quantitative estimate of drug-likeness (QED) is 0.873. The van der Waals surface area contributed by atoms with E-state index in [1.807, 2.05) is 18.2 Å². The Morgan fingerprint density at radius 1 is 1.04 bits per heavy atom. The van der Waals surface area contributed by atoms with E-state index in [0.717, 1.165) is 19.3 Å². The summed E-state index contributed by atoms with van der Waals surface area (Å²) in [7, 11) is 0. The van der Waals surface area contributed by atoms with Crippen molar-refractivity contribution in [3.8, 4) is 0 Å². The van der Waals surface area contributed by atoms with Crippen LogP contribution in [0.1, 0.15) is 68.6 Å². The first-order chi connectivity index (χ1) is 11.6. The molecule has 0 unspecified atom stereocenters. The fraction of sp³-hybridized carbons (Fsp3) is 0.600. The molecule has 4 nitrogen and oxygen atoms in total. The third-order valence-electron chi connectivity index (χ3n) is 5.28. The number of anilines is 1. The molecule has 2 saturated carbocycles. The summed E-state index contributed by atoms with van der Waals surface area (Å²) in [5.74, 6) is 0.657. The van der Waals surface area contributed by atoms with Crippen molar-refractivity contribution in [2.24, 2.45) is 11.8 Å². The van der Waals surface area contributed by atoms with Gasteiger partial charge >= 0.3 is 0 Å². The predicted molar refractivity (Wildman–Crippen MR) is 95.9 cm³/mol. The Labute approximate surface area is 144 Å². The summed E-state index contributed by atoms with van der Waals surface area (Å²) in [4.78, 5) is 24.6. The zero-order chi connectivity index (χ0) is 16.9. The van der Waals surface area contributed by atoms with Crippen LogP contribution in [-0.4, -0.2) is 17.9 Å². The molecule has 130 valence electrons. The number of carbonyl (C=O) groups is 2. The van der Waals surface area contributed by atoms with E-state index in [1.165, 1.54) is 32.1 Å². The van der Waals surface area contributed by atoms with Gasteiger partial charge in [-0.2, -0.15) is 0 Å². The minimum absolute atomic E-state index is 0.0311. The summed E-state index contributed by atoms with van der Waals surface area (Å²) in [5.41, 5.74) is 1.34. The molecule has 2 aliphatic rings. The molecule has 0 aromatic heterocycles. The van der Waals surface area contributed by atoms with Gasteiger partial charge in [-0.05, 0) is 43.4 Å². The first-order valence-electron chi connectivity index (χ1n) is 9.35. The molecule has 0 radical (unpaired) electrons. The van der Waals surface area contributed by atoms with Crippen LogP contribution < -0.4 is 10.6 Å². The van der Waals surface area contributed by atoms with Gasteiger partial charge in [0.25, 0.3) is 5.91 Å². The molecule has 2 aliphatic carbocycles. The van der Waals surface area contributed by atoms with Crippen molar-refractivity contribution >= 4 is 17.5 Å². The van der Waals surface area contributed by atoms with Crippen molar-refractivity contribution in [1.29, 1.82) is 0 Å². The molecular formula is C20H28N2O2. The van der Waals surface area contributed by atoms with Gasteiger partial charge in [0.05, 0.1) is 0 Å². The highest BCUT2D eigenvalue weighted by atomic mass is 16.2. The Balaban J connectivity index is 1.57. The number of rotatable bonds is 4. The van der Waals surface area contributed by atoms with Gasteiger partial charge in [0.15, 0.2) is 0 Å². The van der Waals surface area contributed by atoms with Crippen LogP contribution in [-0.2, 0) is 4.79 Å². The maximum absolute atomic E-state index is 12.5. The van der Waals surface area contributed by atoms with Crippen LogP contribution in [0, 0.1) is 11.8 Å². The summed E-state index contributed by atoms with van der Waals surface area (Å²) in [5, 5.41) is 6.11. The lowest BCUT2D eigenvalue weighted by atomic mass is 9.96. The summed E-state index contributed by atoms with van der Waals surface area (Å²) >= 11 is 0. The molecule has 0 bridgehead atoms. The van der Waals surface area contributed by atoms with Gasteiger partial charge in [-0.25, -0.2) is 0 Å². The molecule has 0 aliphatic heterocycles. The van der Waals surface area contributed by atoms with Gasteiger partial charge in [-0.3, -0.25) is 9.59 Å². The van der Waals surface area contributed by atoms with Crippen molar-refractivity contribution in [3.63, 3.8) is 0 Å². The largest absolute Gasteiger partial charge is 0.349 e. The van der Waals surface area contributed by atoms with Crippen LogP contribution in [0.15, 0.2) is 24.3 Å². The van der Waals surface area contributed by atoms with E-state index in [9.17, 15) is 9.59 Å². The van der Waals surface area contributed by atoms with Gasteiger partial charge in [0.1, 0.15) is 0 Å². The van der Waals surface area contributed by atoms with Gasteiger partial charge < -0.3 is 10.6 Å². The number of carbonyl (C=O) groups excluding carboxylic acids is 2. The van der Waals surface area contributed by atoms with Crippen molar-refractivity contribution in [3.05, 3.63) is 29.8 Å². The van der Waals surface area contributed by atoms with E-state index >= 15 is 0 Å². The van der Waals surface area contributed by atoms with Crippen molar-refractivity contribution in [2.45, 2.75) is 64.3 Å². The Bertz CT molecular complexity index is 591. The van der Waals surface area contributed by atoms with E-state index in [-0.39, 0.29) is 23.8 Å². The standard InChI is InChI=1S/C20H28N2O2/c1-14-12-18(14)20(24)22-17-11-7-8-15(13-17)19(23)21-16-9-5-3-2-4-6-10-16/h7-8,11,13-14,16,18H,2-6,9-10,12H2,1H3,(H,21,23)(H,22,24)/t14-,18-/m0/s1. The zero-order valence-electron chi connectivity index (χ0n) is 14.5. The second-order valence-corrected chi connectivity index (χ2v) is 7.41. The van der Waals surface area contributed by atoms with Gasteiger partial charge in [0.2, 0.25) is 5.91 Å². The van der Waals surface area contributed by atoms with Crippen molar-refractivity contribution in [2.75, 3.05) is 5.32 Å². The number of amides is 2. The highest BCUT2D eigenvalue weighted by Crippen LogP contribution is 2.38. The molecule has 2 amide bonds. The van der Waals surface area contributed by atoms with E-state index in [0.29, 0.717) is 17.2 Å². The second-order valence-electron chi connectivity index (χ2n) is 7.41. The fourth-order valence-corrected chi connectivity index (χ4v) is 3.53. The highest BCUT2D eigenvalue weighted by molar-refractivity contribution is 5.98. The molecule has 0 heterocycles. The van der Waals surface area contributed by atoms with Crippen LogP contribution in [0.3, 0.4) is 0 Å². The maximum Gasteiger partial charge on any atom is 0.251 e. The van der Waals surface area contributed by atoms with Crippen molar-refractivity contribution in [1.82, 2.24) is 5.32 Å². The Hall–Kier alpha value is -1.84. The van der Waals surface area contributed by atoms with Crippen LogP contribution in [0.4, 0.5) is 5.69 Å². The third kappa shape index (κ3) is 4.59. The molecule has 0 spiro atoms. The Morgan fingerprint density at radius 3 is 2.38 bits per heavy atom. The predicted octanol–water partition coefficient (Wildman–Crippen LogP) is 4.12. The monoisotopic (exact) mass is 328 g/mol. The van der Waals surface area contributed by atoms with Crippen LogP contribution >= 0.6 is 0 Å². The summed E-state index contributed by atoms with van der Waals surface area (Å²) in [6.07, 6.45) is 9.36. The lowest BCUT2D eigenvalue weighted by molar-refractivity contribution is -0.117. The van der Waals surface area contributed by atoms with Gasteiger partial charge in [-0.15, -0.1) is 0 Å². The minimum Gasteiger partial charge on any atom is -0.349 e. The summed E-state index contributed by atoms with van der Waals surface area (Å²) < 4.78 is 0. The smallest absolute Gasteiger partial charge is 0.251 e. The Morgan fingerprint density at radius 2 is 1.71 bits per heavy atom. The third-order valence-corrected chi connectivity index (χ3v) is 5.28. The van der Waals surface area contributed by atoms with Gasteiger partial charge in [-0.1, -0.05) is 45.1 Å². The van der Waals surface area contributed by atoms with Crippen LogP contribution in [0.2, 0.25) is 0 Å². The SMILES string of the molecule is C[C@H]1C[C@@H]1C(=O)Nc1cccc(C(=O)NC2CCCCCCC2)c1. The molecule has 0 saturated heterocycles. The first kappa shape index (κ1) is 17.0.